The third kappa shape index (κ3) is 3.74. The van der Waals surface area contributed by atoms with E-state index in [1.807, 2.05) is 0 Å². The predicted molar refractivity (Wildman–Crippen MR) is 83.9 cm³/mol. The van der Waals surface area contributed by atoms with Crippen molar-refractivity contribution in [3.05, 3.63) is 23.5 Å². The fraction of sp³-hybridized carbons (Fsp3) is 0.643. The van der Waals surface area contributed by atoms with Crippen LogP contribution < -0.4 is 0 Å². The predicted octanol–water partition coefficient (Wildman–Crippen LogP) is 2.23. The first-order valence-corrected chi connectivity index (χ1v) is 9.09. The van der Waals surface area contributed by atoms with Crippen LogP contribution in [0.1, 0.15) is 26.2 Å². The number of halogens is 1. The summed E-state index contributed by atoms with van der Waals surface area (Å²) < 4.78 is 26.8. The van der Waals surface area contributed by atoms with Crippen LogP contribution in [0.5, 0.6) is 0 Å². The van der Waals surface area contributed by atoms with Gasteiger partial charge in [-0.15, -0.1) is 0 Å². The SMILES string of the molecule is CCCN1CCC(N(C)S(=O)(=O)c2cccnc2Cl)CC1. The molecule has 0 bridgehead atoms. The first-order chi connectivity index (χ1) is 9.96. The Labute approximate surface area is 132 Å². The van der Waals surface area contributed by atoms with Crippen molar-refractivity contribution in [3.63, 3.8) is 0 Å². The lowest BCUT2D eigenvalue weighted by Crippen LogP contribution is -2.45. The van der Waals surface area contributed by atoms with Crippen LogP contribution in [0.25, 0.3) is 0 Å². The van der Waals surface area contributed by atoms with Crippen molar-refractivity contribution in [2.24, 2.45) is 0 Å². The summed E-state index contributed by atoms with van der Waals surface area (Å²) in [4.78, 5) is 6.33. The van der Waals surface area contributed by atoms with Crippen molar-refractivity contribution in [3.8, 4) is 0 Å². The van der Waals surface area contributed by atoms with E-state index in [2.05, 4.69) is 16.8 Å². The molecule has 1 aliphatic rings. The first-order valence-electron chi connectivity index (χ1n) is 7.27. The number of hydrogen-bond donors (Lipinski definition) is 0. The number of aromatic nitrogens is 1. The number of rotatable bonds is 5. The third-order valence-corrected chi connectivity index (χ3v) is 6.35. The minimum absolute atomic E-state index is 0.0272. The van der Waals surface area contributed by atoms with Gasteiger partial charge in [-0.1, -0.05) is 18.5 Å². The number of nitrogens with zero attached hydrogens (tertiary/aromatic N) is 3. The summed E-state index contributed by atoms with van der Waals surface area (Å²) in [5, 5.41) is 0.0350. The van der Waals surface area contributed by atoms with E-state index in [4.69, 9.17) is 11.6 Å². The Morgan fingerprint density at radius 3 is 2.67 bits per heavy atom. The van der Waals surface area contributed by atoms with Crippen LogP contribution in [0.3, 0.4) is 0 Å². The smallest absolute Gasteiger partial charge is 0.246 e. The Hall–Kier alpha value is -0.690. The fourth-order valence-corrected chi connectivity index (χ4v) is 4.58. The van der Waals surface area contributed by atoms with E-state index in [9.17, 15) is 8.42 Å². The molecule has 1 aliphatic heterocycles. The van der Waals surface area contributed by atoms with E-state index >= 15 is 0 Å². The molecule has 1 aromatic rings. The van der Waals surface area contributed by atoms with Gasteiger partial charge in [0.15, 0.2) is 0 Å². The Bertz CT molecular complexity index is 571. The van der Waals surface area contributed by atoms with Crippen LogP contribution in [0.15, 0.2) is 23.2 Å². The average Bonchev–Trinajstić information content (AvgIpc) is 2.48. The topological polar surface area (TPSA) is 53.5 Å². The normalized spacial score (nSPS) is 18.3. The molecule has 0 aromatic carbocycles. The largest absolute Gasteiger partial charge is 0.303 e. The molecule has 1 fully saturated rings. The van der Waals surface area contributed by atoms with E-state index in [1.165, 1.54) is 16.6 Å². The molecule has 0 N–H and O–H groups in total. The van der Waals surface area contributed by atoms with Gasteiger partial charge in [0.05, 0.1) is 0 Å². The van der Waals surface area contributed by atoms with Crippen molar-refractivity contribution >= 4 is 21.6 Å². The van der Waals surface area contributed by atoms with Gasteiger partial charge in [0.25, 0.3) is 0 Å². The number of sulfonamides is 1. The molecule has 0 radical (unpaired) electrons. The summed E-state index contributed by atoms with van der Waals surface area (Å²) >= 11 is 5.93. The van der Waals surface area contributed by atoms with Crippen molar-refractivity contribution in [2.45, 2.75) is 37.1 Å². The molecule has 2 heterocycles. The highest BCUT2D eigenvalue weighted by Crippen LogP contribution is 2.26. The van der Waals surface area contributed by atoms with Crippen molar-refractivity contribution in [2.75, 3.05) is 26.7 Å². The van der Waals surface area contributed by atoms with Crippen LogP contribution in [0, 0.1) is 0 Å². The molecule has 0 amide bonds. The van der Waals surface area contributed by atoms with E-state index < -0.39 is 10.0 Å². The Morgan fingerprint density at radius 2 is 2.10 bits per heavy atom. The summed E-state index contributed by atoms with van der Waals surface area (Å²) in [7, 11) is -1.94. The molecule has 0 unspecified atom stereocenters. The van der Waals surface area contributed by atoms with E-state index in [-0.39, 0.29) is 16.1 Å². The summed E-state index contributed by atoms with van der Waals surface area (Å²) in [6, 6.07) is 3.13. The zero-order valence-corrected chi connectivity index (χ0v) is 14.1. The molecule has 2 rings (SSSR count). The van der Waals surface area contributed by atoms with Crippen LogP contribution >= 0.6 is 11.6 Å². The van der Waals surface area contributed by atoms with Gasteiger partial charge in [0.1, 0.15) is 10.0 Å². The van der Waals surface area contributed by atoms with Gasteiger partial charge in [-0.2, -0.15) is 4.31 Å². The standard InChI is InChI=1S/C14H22ClN3O2S/c1-3-9-18-10-6-12(7-11-18)17(2)21(19,20)13-5-4-8-16-14(13)15/h4-5,8,12H,3,6-7,9-11H2,1-2H3. The van der Waals surface area contributed by atoms with E-state index in [0.29, 0.717) is 0 Å². The van der Waals surface area contributed by atoms with E-state index in [0.717, 1.165) is 38.9 Å². The monoisotopic (exact) mass is 331 g/mol. The second-order valence-electron chi connectivity index (χ2n) is 5.39. The van der Waals surface area contributed by atoms with Gasteiger partial charge in [-0.25, -0.2) is 13.4 Å². The maximum Gasteiger partial charge on any atom is 0.246 e. The molecule has 1 saturated heterocycles. The van der Waals surface area contributed by atoms with Gasteiger partial charge in [0, 0.05) is 19.3 Å². The molecule has 0 saturated carbocycles. The lowest BCUT2D eigenvalue weighted by atomic mass is 10.1. The average molecular weight is 332 g/mol. The maximum atomic E-state index is 12.6. The third-order valence-electron chi connectivity index (χ3n) is 3.99. The molecule has 5 nitrogen and oxygen atoms in total. The molecule has 1 aromatic heterocycles. The number of likely N-dealkylation sites (tertiary alicyclic amines) is 1. The van der Waals surface area contributed by atoms with Crippen LogP contribution in [0.2, 0.25) is 5.15 Å². The van der Waals surface area contributed by atoms with Crippen molar-refractivity contribution < 1.29 is 8.42 Å². The fourth-order valence-electron chi connectivity index (χ4n) is 2.74. The Morgan fingerprint density at radius 1 is 1.43 bits per heavy atom. The summed E-state index contributed by atoms with van der Waals surface area (Å²) in [6.07, 6.45) is 4.33. The quantitative estimate of drug-likeness (QED) is 0.776. The molecule has 0 atom stereocenters. The molecule has 21 heavy (non-hydrogen) atoms. The summed E-state index contributed by atoms with van der Waals surface area (Å²) in [5.74, 6) is 0. The van der Waals surface area contributed by atoms with Crippen LogP contribution in [-0.2, 0) is 10.0 Å². The van der Waals surface area contributed by atoms with Gasteiger partial charge in [0.2, 0.25) is 10.0 Å². The highest BCUT2D eigenvalue weighted by Gasteiger charge is 2.32. The van der Waals surface area contributed by atoms with Crippen LogP contribution in [-0.4, -0.2) is 55.3 Å². The van der Waals surface area contributed by atoms with Gasteiger partial charge >= 0.3 is 0 Å². The number of pyridine rings is 1. The van der Waals surface area contributed by atoms with Crippen LogP contribution in [0.4, 0.5) is 0 Å². The van der Waals surface area contributed by atoms with Crippen molar-refractivity contribution in [1.82, 2.24) is 14.2 Å². The molecule has 118 valence electrons. The van der Waals surface area contributed by atoms with Gasteiger partial charge in [-0.05, 0) is 51.0 Å². The van der Waals surface area contributed by atoms with Gasteiger partial charge in [-0.3, -0.25) is 0 Å². The second-order valence-corrected chi connectivity index (χ2v) is 7.71. The molecule has 7 heteroatoms. The summed E-state index contributed by atoms with van der Waals surface area (Å²) in [5.41, 5.74) is 0. The Balaban J connectivity index is 2.10. The lowest BCUT2D eigenvalue weighted by Gasteiger charge is -2.36. The first kappa shape index (κ1) is 16.7. The highest BCUT2D eigenvalue weighted by atomic mass is 35.5. The van der Waals surface area contributed by atoms with Crippen molar-refractivity contribution in [1.29, 1.82) is 0 Å². The van der Waals surface area contributed by atoms with Gasteiger partial charge < -0.3 is 4.90 Å². The van der Waals surface area contributed by atoms with E-state index in [1.54, 1.807) is 13.1 Å². The Kier molecular flexibility index (Phi) is 5.60. The lowest BCUT2D eigenvalue weighted by molar-refractivity contribution is 0.170. The second kappa shape index (κ2) is 7.05. The highest BCUT2D eigenvalue weighted by molar-refractivity contribution is 7.89. The minimum Gasteiger partial charge on any atom is -0.303 e. The molecule has 0 spiro atoms. The minimum atomic E-state index is -3.58. The number of piperidine rings is 1. The zero-order chi connectivity index (χ0) is 15.5. The maximum absolute atomic E-state index is 12.6. The zero-order valence-electron chi connectivity index (χ0n) is 12.5. The number of hydrogen-bond acceptors (Lipinski definition) is 4. The molecule has 0 aliphatic carbocycles. The molecular weight excluding hydrogens is 310 g/mol. The summed E-state index contributed by atoms with van der Waals surface area (Å²) in [6.45, 7) is 5.13. The molecular formula is C14H22ClN3O2S.